The fourth-order valence-corrected chi connectivity index (χ4v) is 1.41. The van der Waals surface area contributed by atoms with Gasteiger partial charge in [-0.05, 0) is 35.0 Å². The highest BCUT2D eigenvalue weighted by Crippen LogP contribution is 2.20. The fraction of sp³-hybridized carbons (Fsp3) is 0. The van der Waals surface area contributed by atoms with Gasteiger partial charge in [0.05, 0.1) is 5.56 Å². The Kier molecular flexibility index (Phi) is 1.85. The van der Waals surface area contributed by atoms with Gasteiger partial charge in [-0.1, -0.05) is 12.1 Å². The lowest BCUT2D eigenvalue weighted by Gasteiger charge is -2.00. The Bertz CT molecular complexity index is 506. The average Bonchev–Trinajstić information content (AvgIpc) is 2.16. The summed E-state index contributed by atoms with van der Waals surface area (Å²) in [6.07, 6.45) is 0. The van der Waals surface area contributed by atoms with Gasteiger partial charge in [-0.25, -0.2) is 0 Å². The summed E-state index contributed by atoms with van der Waals surface area (Å²) in [7, 11) is 0. The van der Waals surface area contributed by atoms with Gasteiger partial charge in [0, 0.05) is 0 Å². The van der Waals surface area contributed by atoms with Gasteiger partial charge < -0.3 is 5.11 Å². The number of nitrogens with two attached hydrogens (primary N) is 2. The van der Waals surface area contributed by atoms with Crippen molar-refractivity contribution in [3.63, 3.8) is 0 Å². The van der Waals surface area contributed by atoms with Crippen molar-refractivity contribution in [3.8, 4) is 5.75 Å². The number of phenols is 1. The van der Waals surface area contributed by atoms with Crippen LogP contribution in [-0.2, 0) is 0 Å². The Morgan fingerprint density at radius 1 is 1.07 bits per heavy atom. The normalized spacial score (nSPS) is 10.3. The maximum Gasteiger partial charge on any atom is 0.270 e. The first-order valence-electron chi connectivity index (χ1n) is 4.28. The molecule has 0 bridgehead atoms. The predicted molar refractivity (Wildman–Crippen MR) is 55.8 cm³/mol. The van der Waals surface area contributed by atoms with E-state index in [0.29, 0.717) is 5.84 Å². The summed E-state index contributed by atoms with van der Waals surface area (Å²) in [5.41, 5.74) is 6.29. The molecule has 0 fully saturated rings. The molecule has 5 N–H and O–H groups in total. The molecule has 2 rings (SSSR count). The van der Waals surface area contributed by atoms with Crippen LogP contribution in [0.3, 0.4) is 0 Å². The number of hydrogen-bond donors (Lipinski definition) is 3. The Balaban J connectivity index is 2.67. The minimum absolute atomic E-state index is 0.259. The average molecular weight is 187 g/mol. The zero-order valence-corrected chi connectivity index (χ0v) is 7.57. The van der Waals surface area contributed by atoms with Crippen LogP contribution in [0.15, 0.2) is 36.4 Å². The molecule has 2 aromatic rings. The van der Waals surface area contributed by atoms with Crippen LogP contribution in [0, 0.1) is 0 Å². The van der Waals surface area contributed by atoms with Crippen molar-refractivity contribution in [2.75, 3.05) is 0 Å². The van der Waals surface area contributed by atoms with Gasteiger partial charge in [-0.2, -0.15) is 0 Å². The lowest BCUT2D eigenvalue weighted by Crippen LogP contribution is -2.46. The van der Waals surface area contributed by atoms with E-state index in [-0.39, 0.29) is 5.75 Å². The second-order valence-corrected chi connectivity index (χ2v) is 3.20. The molecule has 14 heavy (non-hydrogen) atoms. The van der Waals surface area contributed by atoms with Crippen LogP contribution in [0.5, 0.6) is 5.75 Å². The van der Waals surface area contributed by atoms with Crippen LogP contribution >= 0.6 is 0 Å². The van der Waals surface area contributed by atoms with Gasteiger partial charge in [0.25, 0.3) is 5.84 Å². The SMILES string of the molecule is NC(=[NH2+])c1ccc2cc(O)ccc2c1. The van der Waals surface area contributed by atoms with Gasteiger partial charge in [0.15, 0.2) is 0 Å². The monoisotopic (exact) mass is 187 g/mol. The van der Waals surface area contributed by atoms with Gasteiger partial charge in [-0.15, -0.1) is 0 Å². The topological polar surface area (TPSA) is 71.8 Å². The van der Waals surface area contributed by atoms with E-state index in [9.17, 15) is 5.11 Å². The van der Waals surface area contributed by atoms with E-state index in [2.05, 4.69) is 0 Å². The van der Waals surface area contributed by atoms with E-state index in [1.54, 1.807) is 12.1 Å². The third kappa shape index (κ3) is 1.40. The van der Waals surface area contributed by atoms with Crippen molar-refractivity contribution in [2.45, 2.75) is 0 Å². The molecule has 0 spiro atoms. The Morgan fingerprint density at radius 3 is 2.43 bits per heavy atom. The number of rotatable bonds is 1. The molecule has 0 atom stereocenters. The summed E-state index contributed by atoms with van der Waals surface area (Å²) in [4.78, 5) is 0. The first-order chi connectivity index (χ1) is 6.66. The molecule has 0 saturated heterocycles. The molecule has 0 unspecified atom stereocenters. The predicted octanol–water partition coefficient (Wildman–Crippen LogP) is 0.00980. The van der Waals surface area contributed by atoms with Crippen LogP contribution in [0.25, 0.3) is 10.8 Å². The highest BCUT2D eigenvalue weighted by atomic mass is 16.3. The Morgan fingerprint density at radius 2 is 1.71 bits per heavy atom. The molecule has 0 aliphatic rings. The number of aromatic hydroxyl groups is 1. The van der Waals surface area contributed by atoms with Crippen LogP contribution in [-0.4, -0.2) is 10.9 Å². The summed E-state index contributed by atoms with van der Waals surface area (Å²) in [5, 5.41) is 16.7. The number of phenolic OH excluding ortho intramolecular Hbond substituents is 1. The number of benzene rings is 2. The molecule has 0 aliphatic carbocycles. The van der Waals surface area contributed by atoms with Crippen molar-refractivity contribution in [3.05, 3.63) is 42.0 Å². The highest BCUT2D eigenvalue weighted by Gasteiger charge is 2.02. The quantitative estimate of drug-likeness (QED) is 0.434. The van der Waals surface area contributed by atoms with E-state index < -0.39 is 0 Å². The first kappa shape index (κ1) is 8.56. The number of amidine groups is 1. The third-order valence-electron chi connectivity index (χ3n) is 2.16. The fourth-order valence-electron chi connectivity index (χ4n) is 1.41. The van der Waals surface area contributed by atoms with Crippen molar-refractivity contribution in [2.24, 2.45) is 5.73 Å². The molecule has 0 saturated carbocycles. The zero-order chi connectivity index (χ0) is 10.1. The van der Waals surface area contributed by atoms with Crippen LogP contribution < -0.4 is 11.1 Å². The highest BCUT2D eigenvalue weighted by molar-refractivity contribution is 5.97. The van der Waals surface area contributed by atoms with Gasteiger partial charge in [-0.3, -0.25) is 11.1 Å². The van der Waals surface area contributed by atoms with E-state index in [1.807, 2.05) is 24.3 Å². The number of hydrogen-bond acceptors (Lipinski definition) is 1. The third-order valence-corrected chi connectivity index (χ3v) is 2.16. The summed E-state index contributed by atoms with van der Waals surface area (Å²) >= 11 is 0. The molecule has 0 heterocycles. The molecule has 0 radical (unpaired) electrons. The van der Waals surface area contributed by atoms with Crippen LogP contribution in [0.4, 0.5) is 0 Å². The zero-order valence-electron chi connectivity index (χ0n) is 7.57. The molecule has 3 heteroatoms. The largest absolute Gasteiger partial charge is 0.508 e. The Hall–Kier alpha value is -2.03. The minimum Gasteiger partial charge on any atom is -0.508 e. The second kappa shape index (κ2) is 3.03. The van der Waals surface area contributed by atoms with Crippen LogP contribution in [0.1, 0.15) is 5.56 Å². The molecular formula is C11H11N2O+. The van der Waals surface area contributed by atoms with E-state index in [0.717, 1.165) is 16.3 Å². The van der Waals surface area contributed by atoms with Crippen molar-refractivity contribution >= 4 is 16.6 Å². The summed E-state index contributed by atoms with van der Waals surface area (Å²) in [6, 6.07) is 10.8. The number of fused-ring (bicyclic) bond motifs is 1. The van der Waals surface area contributed by atoms with Crippen LogP contribution in [0.2, 0.25) is 0 Å². The maximum absolute atomic E-state index is 9.25. The van der Waals surface area contributed by atoms with Gasteiger partial charge in [0.2, 0.25) is 0 Å². The lowest BCUT2D eigenvalue weighted by molar-refractivity contribution is -0.114. The summed E-state index contributed by atoms with van der Waals surface area (Å²) in [6.45, 7) is 0. The first-order valence-corrected chi connectivity index (χ1v) is 4.28. The molecule has 2 aromatic carbocycles. The lowest BCUT2D eigenvalue weighted by atomic mass is 10.1. The maximum atomic E-state index is 9.25. The Labute approximate surface area is 81.3 Å². The van der Waals surface area contributed by atoms with Gasteiger partial charge >= 0.3 is 0 Å². The van der Waals surface area contributed by atoms with Crippen molar-refractivity contribution in [1.29, 1.82) is 0 Å². The van der Waals surface area contributed by atoms with E-state index in [4.69, 9.17) is 11.1 Å². The molecular weight excluding hydrogens is 176 g/mol. The van der Waals surface area contributed by atoms with Crippen molar-refractivity contribution in [1.82, 2.24) is 0 Å². The summed E-state index contributed by atoms with van der Waals surface area (Å²) < 4.78 is 0. The smallest absolute Gasteiger partial charge is 0.270 e. The standard InChI is InChI=1S/C11H10N2O/c12-11(13)9-2-1-8-6-10(14)4-3-7(8)5-9/h1-6,14H,(H3,12,13)/p+1. The van der Waals surface area contributed by atoms with Crippen molar-refractivity contribution < 1.29 is 10.5 Å². The van der Waals surface area contributed by atoms with E-state index in [1.165, 1.54) is 0 Å². The molecule has 0 amide bonds. The van der Waals surface area contributed by atoms with Gasteiger partial charge in [0.1, 0.15) is 5.75 Å². The summed E-state index contributed by atoms with van der Waals surface area (Å²) in [5.74, 6) is 0.565. The van der Waals surface area contributed by atoms with E-state index >= 15 is 0 Å². The second-order valence-electron chi connectivity index (χ2n) is 3.20. The molecule has 70 valence electrons. The molecule has 0 aliphatic heterocycles. The molecule has 0 aromatic heterocycles. The molecule has 3 nitrogen and oxygen atoms in total. The minimum atomic E-state index is 0.259.